The molecule has 0 saturated heterocycles. The predicted octanol–water partition coefficient (Wildman–Crippen LogP) is 3.23. The van der Waals surface area contributed by atoms with Crippen molar-refractivity contribution in [3.05, 3.63) is 46.5 Å². The standard InChI is InChI=1S/C13H17N3S/c1-10-14-15-12(17)16(10)13(2,3)9-11-7-5-4-6-8-11/h4-8H,9H2,1-3H3,(H,15,17). The Hall–Kier alpha value is -1.42. The van der Waals surface area contributed by atoms with Crippen molar-refractivity contribution in [2.75, 3.05) is 0 Å². The van der Waals surface area contributed by atoms with Crippen LogP contribution in [0.4, 0.5) is 0 Å². The van der Waals surface area contributed by atoms with Gasteiger partial charge in [0, 0.05) is 5.54 Å². The molecule has 0 saturated carbocycles. The quantitative estimate of drug-likeness (QED) is 0.845. The Morgan fingerprint density at radius 2 is 1.94 bits per heavy atom. The average Bonchev–Trinajstić information content (AvgIpc) is 2.59. The van der Waals surface area contributed by atoms with E-state index in [9.17, 15) is 0 Å². The first-order valence-electron chi connectivity index (χ1n) is 5.69. The van der Waals surface area contributed by atoms with Gasteiger partial charge in [0.05, 0.1) is 0 Å². The molecule has 0 spiro atoms. The van der Waals surface area contributed by atoms with Crippen LogP contribution in [0, 0.1) is 11.7 Å². The summed E-state index contributed by atoms with van der Waals surface area (Å²) >= 11 is 5.28. The summed E-state index contributed by atoms with van der Waals surface area (Å²) in [4.78, 5) is 0. The molecular weight excluding hydrogens is 230 g/mol. The highest BCUT2D eigenvalue weighted by Crippen LogP contribution is 2.22. The molecule has 0 atom stereocenters. The van der Waals surface area contributed by atoms with Gasteiger partial charge in [0.2, 0.25) is 0 Å². The van der Waals surface area contributed by atoms with Crippen molar-refractivity contribution in [1.29, 1.82) is 0 Å². The van der Waals surface area contributed by atoms with Gasteiger partial charge in [-0.15, -0.1) is 0 Å². The summed E-state index contributed by atoms with van der Waals surface area (Å²) in [5, 5.41) is 7.01. The maximum atomic E-state index is 5.28. The summed E-state index contributed by atoms with van der Waals surface area (Å²) in [6.45, 7) is 6.33. The lowest BCUT2D eigenvalue weighted by Gasteiger charge is -2.27. The number of nitrogens with zero attached hydrogens (tertiary/aromatic N) is 2. The van der Waals surface area contributed by atoms with Crippen LogP contribution in [0.3, 0.4) is 0 Å². The number of hydrogen-bond donors (Lipinski definition) is 1. The van der Waals surface area contributed by atoms with Crippen LogP contribution in [-0.4, -0.2) is 14.8 Å². The summed E-state index contributed by atoms with van der Waals surface area (Å²) in [7, 11) is 0. The monoisotopic (exact) mass is 247 g/mol. The second-order valence-electron chi connectivity index (χ2n) is 4.89. The number of aromatic nitrogens is 3. The van der Waals surface area contributed by atoms with Gasteiger partial charge in [-0.1, -0.05) is 30.3 Å². The number of hydrogen-bond acceptors (Lipinski definition) is 2. The van der Waals surface area contributed by atoms with Crippen molar-refractivity contribution in [3.63, 3.8) is 0 Å². The zero-order valence-corrected chi connectivity index (χ0v) is 11.2. The summed E-state index contributed by atoms with van der Waals surface area (Å²) in [5.74, 6) is 0.927. The zero-order valence-electron chi connectivity index (χ0n) is 10.4. The number of benzene rings is 1. The Morgan fingerprint density at radius 3 is 2.47 bits per heavy atom. The SMILES string of the molecule is Cc1n[nH]c(=S)n1C(C)(C)Cc1ccccc1. The molecule has 0 aliphatic carbocycles. The Balaban J connectivity index is 2.35. The molecule has 2 rings (SSSR count). The normalized spacial score (nSPS) is 11.7. The van der Waals surface area contributed by atoms with Gasteiger partial charge >= 0.3 is 0 Å². The molecule has 4 heteroatoms. The molecule has 0 unspecified atom stereocenters. The van der Waals surface area contributed by atoms with Crippen LogP contribution in [0.25, 0.3) is 0 Å². The predicted molar refractivity (Wildman–Crippen MR) is 71.6 cm³/mol. The van der Waals surface area contributed by atoms with E-state index >= 15 is 0 Å². The van der Waals surface area contributed by atoms with E-state index in [-0.39, 0.29) is 5.54 Å². The zero-order chi connectivity index (χ0) is 12.5. The van der Waals surface area contributed by atoms with Gasteiger partial charge in [-0.2, -0.15) is 5.10 Å². The Labute approximate surface area is 106 Å². The van der Waals surface area contributed by atoms with Gasteiger partial charge in [-0.25, -0.2) is 0 Å². The summed E-state index contributed by atoms with van der Waals surface area (Å²) in [6.07, 6.45) is 0.933. The van der Waals surface area contributed by atoms with Crippen molar-refractivity contribution in [3.8, 4) is 0 Å². The van der Waals surface area contributed by atoms with Crippen LogP contribution in [0.2, 0.25) is 0 Å². The fourth-order valence-electron chi connectivity index (χ4n) is 2.26. The van der Waals surface area contributed by atoms with Crippen LogP contribution in [0.5, 0.6) is 0 Å². The maximum Gasteiger partial charge on any atom is 0.195 e. The molecule has 90 valence electrons. The van der Waals surface area contributed by atoms with Gasteiger partial charge in [0.25, 0.3) is 0 Å². The van der Waals surface area contributed by atoms with E-state index in [0.717, 1.165) is 12.2 Å². The molecule has 0 bridgehead atoms. The maximum absolute atomic E-state index is 5.28. The largest absolute Gasteiger partial charge is 0.298 e. The summed E-state index contributed by atoms with van der Waals surface area (Å²) < 4.78 is 2.76. The van der Waals surface area contributed by atoms with E-state index < -0.39 is 0 Å². The Morgan fingerprint density at radius 1 is 1.29 bits per heavy atom. The lowest BCUT2D eigenvalue weighted by molar-refractivity contribution is 0.341. The minimum absolute atomic E-state index is 0.0739. The molecule has 0 fully saturated rings. The molecule has 0 aliphatic rings. The first-order chi connectivity index (χ1) is 8.00. The number of rotatable bonds is 3. The summed E-state index contributed by atoms with van der Waals surface area (Å²) in [6, 6.07) is 10.4. The first-order valence-corrected chi connectivity index (χ1v) is 6.10. The number of nitrogens with one attached hydrogen (secondary N) is 1. The third-order valence-electron chi connectivity index (χ3n) is 2.92. The molecule has 1 aromatic heterocycles. The molecule has 2 aromatic rings. The van der Waals surface area contributed by atoms with Crippen molar-refractivity contribution in [1.82, 2.24) is 14.8 Å². The molecule has 3 nitrogen and oxygen atoms in total. The van der Waals surface area contributed by atoms with Crippen LogP contribution >= 0.6 is 12.2 Å². The number of aromatic amines is 1. The second-order valence-corrected chi connectivity index (χ2v) is 5.27. The van der Waals surface area contributed by atoms with Crippen LogP contribution in [-0.2, 0) is 12.0 Å². The third-order valence-corrected chi connectivity index (χ3v) is 3.20. The fourth-order valence-corrected chi connectivity index (χ4v) is 2.69. The highest BCUT2D eigenvalue weighted by molar-refractivity contribution is 7.71. The van der Waals surface area contributed by atoms with Crippen LogP contribution in [0.1, 0.15) is 25.2 Å². The fraction of sp³-hybridized carbons (Fsp3) is 0.385. The highest BCUT2D eigenvalue weighted by atomic mass is 32.1. The van der Waals surface area contributed by atoms with Crippen molar-refractivity contribution >= 4 is 12.2 Å². The molecule has 1 N–H and O–H groups in total. The second kappa shape index (κ2) is 4.45. The smallest absolute Gasteiger partial charge is 0.195 e. The minimum atomic E-state index is -0.0739. The molecule has 1 heterocycles. The van der Waals surface area contributed by atoms with E-state index in [1.54, 1.807) is 0 Å². The molecule has 0 amide bonds. The lowest BCUT2D eigenvalue weighted by atomic mass is 9.94. The van der Waals surface area contributed by atoms with Crippen LogP contribution < -0.4 is 0 Å². The van der Waals surface area contributed by atoms with Crippen molar-refractivity contribution in [2.45, 2.75) is 32.7 Å². The topological polar surface area (TPSA) is 33.6 Å². The van der Waals surface area contributed by atoms with Gasteiger partial charge in [-0.3, -0.25) is 9.67 Å². The van der Waals surface area contributed by atoms with E-state index in [1.807, 2.05) is 13.0 Å². The van der Waals surface area contributed by atoms with Crippen LogP contribution in [0.15, 0.2) is 30.3 Å². The lowest BCUT2D eigenvalue weighted by Crippen LogP contribution is -2.30. The van der Waals surface area contributed by atoms with E-state index in [1.165, 1.54) is 5.56 Å². The van der Waals surface area contributed by atoms with Gasteiger partial charge in [0.1, 0.15) is 5.82 Å². The van der Waals surface area contributed by atoms with Crippen molar-refractivity contribution in [2.24, 2.45) is 0 Å². The first kappa shape index (κ1) is 12.0. The van der Waals surface area contributed by atoms with E-state index in [2.05, 4.69) is 52.9 Å². The molecule has 0 aliphatic heterocycles. The van der Waals surface area contributed by atoms with Crippen molar-refractivity contribution < 1.29 is 0 Å². The number of aryl methyl sites for hydroxylation is 1. The Kier molecular flexibility index (Phi) is 3.15. The Bertz CT molecular complexity index is 552. The average molecular weight is 247 g/mol. The summed E-state index contributed by atoms with van der Waals surface area (Å²) in [5.41, 5.74) is 1.23. The molecule has 1 aromatic carbocycles. The van der Waals surface area contributed by atoms with E-state index in [4.69, 9.17) is 12.2 Å². The van der Waals surface area contributed by atoms with Gasteiger partial charge in [0.15, 0.2) is 4.77 Å². The highest BCUT2D eigenvalue weighted by Gasteiger charge is 2.23. The van der Waals surface area contributed by atoms with Gasteiger partial charge in [-0.05, 0) is 45.0 Å². The minimum Gasteiger partial charge on any atom is -0.298 e. The third kappa shape index (κ3) is 2.47. The molecule has 0 radical (unpaired) electrons. The number of H-pyrrole nitrogens is 1. The van der Waals surface area contributed by atoms with E-state index in [0.29, 0.717) is 4.77 Å². The molecule has 17 heavy (non-hydrogen) atoms. The van der Waals surface area contributed by atoms with Gasteiger partial charge < -0.3 is 0 Å². The molecular formula is C13H17N3S.